The summed E-state index contributed by atoms with van der Waals surface area (Å²) >= 11 is 0. The molecule has 0 aliphatic rings. The molecule has 0 aliphatic heterocycles. The molecule has 0 aromatic heterocycles. The number of carbonyl (C=O) groups excluding carboxylic acids is 1. The molecule has 142 valence electrons. The Morgan fingerprint density at radius 3 is 1.80 bits per heavy atom. The van der Waals surface area contributed by atoms with Crippen molar-refractivity contribution < 1.29 is 14.7 Å². The van der Waals surface area contributed by atoms with Crippen LogP contribution in [0.2, 0.25) is 0 Å². The monoisotopic (exact) mass is 363 g/mol. The van der Waals surface area contributed by atoms with Crippen LogP contribution in [0.5, 0.6) is 0 Å². The molecule has 0 heterocycles. The van der Waals surface area contributed by atoms with E-state index in [4.69, 9.17) is 5.11 Å². The Balaban J connectivity index is 0. The third kappa shape index (κ3) is 23.7. The van der Waals surface area contributed by atoms with Gasteiger partial charge >= 0.3 is 35.5 Å². The molecule has 2 N–H and O–H groups in total. The summed E-state index contributed by atoms with van der Waals surface area (Å²) in [4.78, 5) is 21.6. The average molecular weight is 364 g/mol. The Bertz CT molecular complexity index is 346. The first kappa shape index (κ1) is 26.9. The van der Waals surface area contributed by atoms with Crippen molar-refractivity contribution in [2.45, 2.75) is 96.8 Å². The molecule has 25 heavy (non-hydrogen) atoms. The van der Waals surface area contributed by atoms with Gasteiger partial charge in [-0.15, -0.1) is 0 Å². The molecule has 0 unspecified atom stereocenters. The molecule has 0 aromatic carbocycles. The topological polar surface area (TPSA) is 66.4 Å². The summed E-state index contributed by atoms with van der Waals surface area (Å²) < 4.78 is 0. The zero-order chi connectivity index (χ0) is 17.9. The Morgan fingerprint density at radius 1 is 0.800 bits per heavy atom. The van der Waals surface area contributed by atoms with E-state index in [0.29, 0.717) is 6.42 Å². The number of aliphatic carboxylic acids is 1. The number of hydrogen-bond donors (Lipinski definition) is 2. The molecular formula is C20H38NNaO3. The third-order valence-corrected chi connectivity index (χ3v) is 4.10. The molecule has 0 saturated carbocycles. The molecule has 0 radical (unpaired) electrons. The van der Waals surface area contributed by atoms with Crippen LogP contribution in [0.1, 0.15) is 96.8 Å². The third-order valence-electron chi connectivity index (χ3n) is 4.10. The molecule has 1 amide bonds. The van der Waals surface area contributed by atoms with E-state index in [0.717, 1.165) is 25.7 Å². The van der Waals surface area contributed by atoms with E-state index in [1.54, 1.807) is 0 Å². The van der Waals surface area contributed by atoms with Crippen LogP contribution in [0, 0.1) is 0 Å². The summed E-state index contributed by atoms with van der Waals surface area (Å²) in [7, 11) is 0. The van der Waals surface area contributed by atoms with Gasteiger partial charge in [-0.25, -0.2) is 0 Å². The van der Waals surface area contributed by atoms with Gasteiger partial charge in [-0.1, -0.05) is 70.4 Å². The Hall–Kier alpha value is -0.320. The van der Waals surface area contributed by atoms with Crippen molar-refractivity contribution in [3.05, 3.63) is 12.2 Å². The number of allylic oxidation sites excluding steroid dienone is 2. The number of unbranched alkanes of at least 4 members (excludes halogenated alkanes) is 11. The van der Waals surface area contributed by atoms with Crippen molar-refractivity contribution in [3.63, 3.8) is 0 Å². The Morgan fingerprint density at radius 2 is 1.28 bits per heavy atom. The van der Waals surface area contributed by atoms with Gasteiger partial charge in [0.15, 0.2) is 0 Å². The summed E-state index contributed by atoms with van der Waals surface area (Å²) in [5.41, 5.74) is 0. The Labute approximate surface area is 176 Å². The van der Waals surface area contributed by atoms with E-state index in [2.05, 4.69) is 24.4 Å². The van der Waals surface area contributed by atoms with Crippen molar-refractivity contribution in [3.8, 4) is 0 Å². The van der Waals surface area contributed by atoms with Crippen LogP contribution in [-0.2, 0) is 9.59 Å². The molecule has 5 heteroatoms. The van der Waals surface area contributed by atoms with Gasteiger partial charge in [-0.2, -0.15) is 0 Å². The van der Waals surface area contributed by atoms with E-state index in [9.17, 15) is 9.59 Å². The normalized spacial score (nSPS) is 10.6. The van der Waals surface area contributed by atoms with Crippen LogP contribution >= 0.6 is 0 Å². The summed E-state index contributed by atoms with van der Waals surface area (Å²) in [5, 5.41) is 10.8. The minimum atomic E-state index is -0.993. The zero-order valence-corrected chi connectivity index (χ0v) is 15.5. The van der Waals surface area contributed by atoms with Crippen LogP contribution < -0.4 is 5.32 Å². The maximum atomic E-state index is 11.3. The van der Waals surface area contributed by atoms with E-state index in [-0.39, 0.29) is 42.0 Å². The van der Waals surface area contributed by atoms with Crippen molar-refractivity contribution >= 4 is 41.4 Å². The van der Waals surface area contributed by atoms with E-state index >= 15 is 0 Å². The van der Waals surface area contributed by atoms with Gasteiger partial charge in [-0.05, 0) is 32.1 Å². The molecule has 0 aromatic rings. The van der Waals surface area contributed by atoms with Crippen LogP contribution in [0.3, 0.4) is 0 Å². The summed E-state index contributed by atoms with van der Waals surface area (Å²) in [5.74, 6) is -1.15. The number of hydrogen-bond acceptors (Lipinski definition) is 2. The molecule has 0 saturated heterocycles. The van der Waals surface area contributed by atoms with Gasteiger partial charge in [0.05, 0.1) is 0 Å². The second-order valence-corrected chi connectivity index (χ2v) is 6.50. The van der Waals surface area contributed by atoms with E-state index < -0.39 is 5.97 Å². The predicted octanol–water partition coefficient (Wildman–Crippen LogP) is 4.58. The quantitative estimate of drug-likeness (QED) is 0.226. The number of carboxylic acid groups (broad SMARTS) is 1. The zero-order valence-electron chi connectivity index (χ0n) is 15.5. The SMILES string of the molecule is CCCCCCCC/C=C/CCCCCCCC(=O)NCC(=O)O.[NaH]. The average Bonchev–Trinajstić information content (AvgIpc) is 2.56. The number of rotatable bonds is 17. The predicted molar refractivity (Wildman–Crippen MR) is 107 cm³/mol. The fraction of sp³-hybridized carbons (Fsp3) is 0.800. The summed E-state index contributed by atoms with van der Waals surface area (Å²) in [6.45, 7) is 1.98. The first-order chi connectivity index (χ1) is 11.7. The van der Waals surface area contributed by atoms with Crippen molar-refractivity contribution in [2.24, 2.45) is 0 Å². The van der Waals surface area contributed by atoms with Gasteiger partial charge in [0, 0.05) is 6.42 Å². The molecule has 0 spiro atoms. The Kier molecular flexibility index (Phi) is 23.4. The minimum absolute atomic E-state index is 0. The van der Waals surface area contributed by atoms with Gasteiger partial charge < -0.3 is 10.4 Å². The molecule has 0 bridgehead atoms. The van der Waals surface area contributed by atoms with E-state index in [1.165, 1.54) is 57.8 Å². The molecule has 0 aliphatic carbocycles. The van der Waals surface area contributed by atoms with Crippen LogP contribution in [0.15, 0.2) is 12.2 Å². The maximum absolute atomic E-state index is 11.3. The van der Waals surface area contributed by atoms with Crippen molar-refractivity contribution in [1.82, 2.24) is 5.32 Å². The molecule has 0 rings (SSSR count). The van der Waals surface area contributed by atoms with E-state index in [1.807, 2.05) is 0 Å². The van der Waals surface area contributed by atoms with Gasteiger partial charge in [0.25, 0.3) is 0 Å². The number of amides is 1. The van der Waals surface area contributed by atoms with Crippen molar-refractivity contribution in [2.75, 3.05) is 6.54 Å². The molecular weight excluding hydrogens is 325 g/mol. The first-order valence-corrected chi connectivity index (χ1v) is 9.80. The molecule has 0 atom stereocenters. The molecule has 0 fully saturated rings. The summed E-state index contributed by atoms with van der Waals surface area (Å²) in [6, 6.07) is 0. The summed E-state index contributed by atoms with van der Waals surface area (Å²) in [6.07, 6.45) is 21.1. The number of carbonyl (C=O) groups is 2. The second-order valence-electron chi connectivity index (χ2n) is 6.50. The second kappa shape index (κ2) is 21.7. The fourth-order valence-electron chi connectivity index (χ4n) is 2.62. The molecule has 4 nitrogen and oxygen atoms in total. The van der Waals surface area contributed by atoms with Gasteiger partial charge in [-0.3, -0.25) is 9.59 Å². The van der Waals surface area contributed by atoms with Crippen molar-refractivity contribution in [1.29, 1.82) is 0 Å². The van der Waals surface area contributed by atoms with Gasteiger partial charge in [0.1, 0.15) is 6.54 Å². The van der Waals surface area contributed by atoms with Crippen LogP contribution in [0.25, 0.3) is 0 Å². The van der Waals surface area contributed by atoms with Crippen LogP contribution in [0.4, 0.5) is 0 Å². The van der Waals surface area contributed by atoms with Crippen LogP contribution in [-0.4, -0.2) is 53.1 Å². The standard InChI is InChI=1S/C20H37NO3.Na.H/c1-2-3-4-5-6-7-8-9-10-11-12-13-14-15-16-17-19(22)21-18-20(23)24;;/h9-10H,2-8,11-18H2,1H3,(H,21,22)(H,23,24);;/b10-9+;;. The number of carboxylic acids is 1. The van der Waals surface area contributed by atoms with Gasteiger partial charge in [0.2, 0.25) is 5.91 Å². The first-order valence-electron chi connectivity index (χ1n) is 9.80. The fourth-order valence-corrected chi connectivity index (χ4v) is 2.62. The number of nitrogens with one attached hydrogen (secondary N) is 1.